The molecule has 0 unspecified atom stereocenters. The Bertz CT molecular complexity index is 463. The van der Waals surface area contributed by atoms with Gasteiger partial charge in [0.05, 0.1) is 0 Å². The van der Waals surface area contributed by atoms with E-state index in [1.807, 2.05) is 25.1 Å². The van der Waals surface area contributed by atoms with E-state index in [9.17, 15) is 4.39 Å². The molecule has 66 valence electrons. The van der Waals surface area contributed by atoms with Crippen LogP contribution < -0.4 is 0 Å². The van der Waals surface area contributed by atoms with Crippen molar-refractivity contribution in [2.24, 2.45) is 0 Å². The average molecular weight is 239 g/mol. The van der Waals surface area contributed by atoms with Crippen LogP contribution in [0.15, 0.2) is 34.8 Å². The molecule has 0 aliphatic rings. The Morgan fingerprint density at radius 2 is 1.92 bits per heavy atom. The van der Waals surface area contributed by atoms with E-state index < -0.39 is 0 Å². The number of aryl methyl sites for hydroxylation is 1. The first-order chi connectivity index (χ1) is 6.20. The van der Waals surface area contributed by atoms with Gasteiger partial charge in [-0.2, -0.15) is 0 Å². The molecule has 2 heteroatoms. The zero-order valence-corrected chi connectivity index (χ0v) is 8.73. The summed E-state index contributed by atoms with van der Waals surface area (Å²) < 4.78 is 14.4. The van der Waals surface area contributed by atoms with E-state index in [4.69, 9.17) is 0 Å². The van der Waals surface area contributed by atoms with Gasteiger partial charge in [0.2, 0.25) is 0 Å². The van der Waals surface area contributed by atoms with Crippen molar-refractivity contribution in [3.05, 3.63) is 46.2 Å². The van der Waals surface area contributed by atoms with Crippen molar-refractivity contribution < 1.29 is 4.39 Å². The van der Waals surface area contributed by atoms with E-state index in [2.05, 4.69) is 15.9 Å². The molecule has 2 rings (SSSR count). The van der Waals surface area contributed by atoms with Gasteiger partial charge in [-0.25, -0.2) is 4.39 Å². The lowest BCUT2D eigenvalue weighted by atomic mass is 10.1. The summed E-state index contributed by atoms with van der Waals surface area (Å²) in [6, 6.07) is 8.98. The van der Waals surface area contributed by atoms with Crippen molar-refractivity contribution in [1.29, 1.82) is 0 Å². The fourth-order valence-electron chi connectivity index (χ4n) is 1.48. The SMILES string of the molecule is Cc1c(Br)ccc2cccc(F)c12. The maximum Gasteiger partial charge on any atom is 0.131 e. The predicted molar refractivity (Wildman–Crippen MR) is 56.3 cm³/mol. The molecule has 0 radical (unpaired) electrons. The molecule has 0 aromatic heterocycles. The molecule has 0 amide bonds. The highest BCUT2D eigenvalue weighted by atomic mass is 79.9. The van der Waals surface area contributed by atoms with Crippen LogP contribution >= 0.6 is 15.9 Å². The van der Waals surface area contributed by atoms with Crippen LogP contribution in [0, 0.1) is 12.7 Å². The third kappa shape index (κ3) is 1.35. The lowest BCUT2D eigenvalue weighted by molar-refractivity contribution is 0.639. The second-order valence-electron chi connectivity index (χ2n) is 3.01. The van der Waals surface area contributed by atoms with E-state index in [-0.39, 0.29) is 5.82 Å². The molecular weight excluding hydrogens is 231 g/mol. The topological polar surface area (TPSA) is 0 Å². The van der Waals surface area contributed by atoms with Gasteiger partial charge in [0.25, 0.3) is 0 Å². The first kappa shape index (κ1) is 8.70. The molecule has 0 aliphatic carbocycles. The van der Waals surface area contributed by atoms with Crippen LogP contribution in [0.5, 0.6) is 0 Å². The Morgan fingerprint density at radius 3 is 2.69 bits per heavy atom. The number of benzene rings is 2. The minimum Gasteiger partial charge on any atom is -0.206 e. The number of halogens is 2. The van der Waals surface area contributed by atoms with Crippen LogP contribution in [0.25, 0.3) is 10.8 Å². The molecule has 0 saturated heterocycles. The highest BCUT2D eigenvalue weighted by Gasteiger charge is 2.05. The lowest BCUT2D eigenvalue weighted by Crippen LogP contribution is -1.84. The fourth-order valence-corrected chi connectivity index (χ4v) is 1.81. The fraction of sp³-hybridized carbons (Fsp3) is 0.0909. The molecule has 0 spiro atoms. The third-order valence-corrected chi connectivity index (χ3v) is 3.05. The molecule has 0 atom stereocenters. The van der Waals surface area contributed by atoms with Crippen molar-refractivity contribution in [3.8, 4) is 0 Å². The predicted octanol–water partition coefficient (Wildman–Crippen LogP) is 4.05. The molecule has 0 bridgehead atoms. The summed E-state index contributed by atoms with van der Waals surface area (Å²) in [6.07, 6.45) is 0. The number of fused-ring (bicyclic) bond motifs is 1. The first-order valence-electron chi connectivity index (χ1n) is 4.03. The molecule has 0 aliphatic heterocycles. The summed E-state index contributed by atoms with van der Waals surface area (Å²) in [4.78, 5) is 0. The van der Waals surface area contributed by atoms with Crippen molar-refractivity contribution in [2.45, 2.75) is 6.92 Å². The van der Waals surface area contributed by atoms with Gasteiger partial charge >= 0.3 is 0 Å². The molecule has 0 fully saturated rings. The molecule has 13 heavy (non-hydrogen) atoms. The minimum absolute atomic E-state index is 0.156. The van der Waals surface area contributed by atoms with Crippen LogP contribution in [-0.2, 0) is 0 Å². The Morgan fingerprint density at radius 1 is 1.15 bits per heavy atom. The van der Waals surface area contributed by atoms with Gasteiger partial charge in [0, 0.05) is 9.86 Å². The monoisotopic (exact) mass is 238 g/mol. The van der Waals surface area contributed by atoms with Crippen LogP contribution in [0.2, 0.25) is 0 Å². The molecule has 2 aromatic rings. The van der Waals surface area contributed by atoms with Gasteiger partial charge in [0.15, 0.2) is 0 Å². The maximum atomic E-state index is 13.4. The second kappa shape index (κ2) is 3.11. The van der Waals surface area contributed by atoms with Crippen LogP contribution in [-0.4, -0.2) is 0 Å². The summed E-state index contributed by atoms with van der Waals surface area (Å²) >= 11 is 3.38. The Balaban J connectivity index is 2.97. The summed E-state index contributed by atoms with van der Waals surface area (Å²) in [6.45, 7) is 1.91. The zero-order chi connectivity index (χ0) is 9.42. The van der Waals surface area contributed by atoms with Crippen molar-refractivity contribution in [3.63, 3.8) is 0 Å². The normalized spacial score (nSPS) is 10.7. The number of rotatable bonds is 0. The van der Waals surface area contributed by atoms with E-state index >= 15 is 0 Å². The van der Waals surface area contributed by atoms with Gasteiger partial charge in [-0.15, -0.1) is 0 Å². The molecule has 0 saturated carbocycles. The van der Waals surface area contributed by atoms with Gasteiger partial charge in [-0.05, 0) is 30.0 Å². The number of hydrogen-bond acceptors (Lipinski definition) is 0. The largest absolute Gasteiger partial charge is 0.206 e. The van der Waals surface area contributed by atoms with E-state index in [0.29, 0.717) is 5.39 Å². The van der Waals surface area contributed by atoms with Crippen molar-refractivity contribution in [1.82, 2.24) is 0 Å². The van der Waals surface area contributed by atoms with Gasteiger partial charge in [0.1, 0.15) is 5.82 Å². The maximum absolute atomic E-state index is 13.4. The quantitative estimate of drug-likeness (QED) is 0.650. The standard InChI is InChI=1S/C11H8BrF/c1-7-9(12)6-5-8-3-2-4-10(13)11(7)8/h2-6H,1H3. The summed E-state index contributed by atoms with van der Waals surface area (Å²) in [5, 5.41) is 1.65. The summed E-state index contributed by atoms with van der Waals surface area (Å²) in [5.74, 6) is -0.156. The smallest absolute Gasteiger partial charge is 0.131 e. The Hall–Kier alpha value is -0.890. The minimum atomic E-state index is -0.156. The van der Waals surface area contributed by atoms with E-state index in [0.717, 1.165) is 15.4 Å². The van der Waals surface area contributed by atoms with Crippen LogP contribution in [0.4, 0.5) is 4.39 Å². The third-order valence-electron chi connectivity index (χ3n) is 2.19. The van der Waals surface area contributed by atoms with Gasteiger partial charge in [-0.1, -0.05) is 34.1 Å². The molecule has 0 nitrogen and oxygen atoms in total. The van der Waals surface area contributed by atoms with Crippen molar-refractivity contribution in [2.75, 3.05) is 0 Å². The van der Waals surface area contributed by atoms with E-state index in [1.165, 1.54) is 6.07 Å². The molecule has 0 heterocycles. The summed E-state index contributed by atoms with van der Waals surface area (Å²) in [7, 11) is 0. The highest BCUT2D eigenvalue weighted by Crippen LogP contribution is 2.27. The molecular formula is C11H8BrF. The lowest BCUT2D eigenvalue weighted by Gasteiger charge is -2.04. The number of hydrogen-bond donors (Lipinski definition) is 0. The highest BCUT2D eigenvalue weighted by molar-refractivity contribution is 9.10. The van der Waals surface area contributed by atoms with Gasteiger partial charge < -0.3 is 0 Å². The van der Waals surface area contributed by atoms with Crippen molar-refractivity contribution >= 4 is 26.7 Å². The Kier molecular flexibility index (Phi) is 2.08. The Labute approximate surface area is 84.5 Å². The zero-order valence-electron chi connectivity index (χ0n) is 7.14. The van der Waals surface area contributed by atoms with Gasteiger partial charge in [-0.3, -0.25) is 0 Å². The molecule has 0 N–H and O–H groups in total. The second-order valence-corrected chi connectivity index (χ2v) is 3.86. The summed E-state index contributed by atoms with van der Waals surface area (Å²) in [5.41, 5.74) is 0.954. The van der Waals surface area contributed by atoms with Crippen LogP contribution in [0.1, 0.15) is 5.56 Å². The first-order valence-corrected chi connectivity index (χ1v) is 4.83. The average Bonchev–Trinajstić information content (AvgIpc) is 2.12. The van der Waals surface area contributed by atoms with Crippen LogP contribution in [0.3, 0.4) is 0 Å². The van der Waals surface area contributed by atoms with E-state index in [1.54, 1.807) is 6.07 Å². The molecule has 2 aromatic carbocycles.